The lowest BCUT2D eigenvalue weighted by atomic mass is 10.0. The van der Waals surface area contributed by atoms with E-state index in [-0.39, 0.29) is 23.2 Å². The first-order chi connectivity index (χ1) is 11.3. The molecule has 2 aromatic rings. The monoisotopic (exact) mass is 347 g/mol. The molecule has 3 rings (SSSR count). The average molecular weight is 347 g/mol. The molecule has 1 aliphatic heterocycles. The summed E-state index contributed by atoms with van der Waals surface area (Å²) in [5.74, 6) is 0.675. The first-order valence-corrected chi connectivity index (χ1v) is 8.87. The Morgan fingerprint density at radius 1 is 1.12 bits per heavy atom. The van der Waals surface area contributed by atoms with Gasteiger partial charge in [0.2, 0.25) is 0 Å². The third kappa shape index (κ3) is 3.35. The molecule has 0 unspecified atom stereocenters. The standard InChI is InChI=1S/C17H17NO5S/c1-11(2)12-3-5-13(6-4-12)23-24(20,21)14-7-8-16-15(9-14)18-17(19)10-22-16/h3-9,11H,10H2,1-2H3,(H,18,19). The zero-order valence-electron chi connectivity index (χ0n) is 13.3. The van der Waals surface area contributed by atoms with Crippen molar-refractivity contribution in [3.63, 3.8) is 0 Å². The van der Waals surface area contributed by atoms with Gasteiger partial charge < -0.3 is 14.2 Å². The lowest BCUT2D eigenvalue weighted by Gasteiger charge is -2.18. The maximum atomic E-state index is 12.4. The number of amides is 1. The molecule has 1 amide bonds. The molecule has 0 bridgehead atoms. The van der Waals surface area contributed by atoms with Crippen LogP contribution in [0.4, 0.5) is 5.69 Å². The molecule has 0 saturated heterocycles. The molecular weight excluding hydrogens is 330 g/mol. The summed E-state index contributed by atoms with van der Waals surface area (Å²) in [6.07, 6.45) is 0. The van der Waals surface area contributed by atoms with Crippen molar-refractivity contribution in [2.24, 2.45) is 0 Å². The third-order valence-corrected chi connectivity index (χ3v) is 4.87. The summed E-state index contributed by atoms with van der Waals surface area (Å²) in [5.41, 5.74) is 1.40. The summed E-state index contributed by atoms with van der Waals surface area (Å²) in [6, 6.07) is 11.1. The molecule has 1 heterocycles. The Morgan fingerprint density at radius 2 is 1.83 bits per heavy atom. The van der Waals surface area contributed by atoms with Gasteiger partial charge in [0.1, 0.15) is 16.4 Å². The van der Waals surface area contributed by atoms with Crippen LogP contribution in [0.3, 0.4) is 0 Å². The number of carbonyl (C=O) groups is 1. The molecule has 0 radical (unpaired) electrons. The summed E-state index contributed by atoms with van der Waals surface area (Å²) in [7, 11) is -4.00. The number of anilines is 1. The maximum Gasteiger partial charge on any atom is 0.339 e. The van der Waals surface area contributed by atoms with Crippen LogP contribution in [0.5, 0.6) is 11.5 Å². The molecule has 0 fully saturated rings. The minimum absolute atomic E-state index is 0.0556. The Bertz CT molecular complexity index is 872. The van der Waals surface area contributed by atoms with Crippen molar-refractivity contribution < 1.29 is 22.1 Å². The van der Waals surface area contributed by atoms with Gasteiger partial charge >= 0.3 is 10.1 Å². The largest absolute Gasteiger partial charge is 0.482 e. The van der Waals surface area contributed by atoms with E-state index < -0.39 is 10.1 Å². The Hall–Kier alpha value is -2.54. The van der Waals surface area contributed by atoms with E-state index in [9.17, 15) is 13.2 Å². The van der Waals surface area contributed by atoms with Crippen LogP contribution < -0.4 is 14.2 Å². The van der Waals surface area contributed by atoms with Gasteiger partial charge in [-0.15, -0.1) is 0 Å². The van der Waals surface area contributed by atoms with E-state index in [1.807, 2.05) is 12.1 Å². The molecule has 0 aliphatic carbocycles. The molecule has 126 valence electrons. The van der Waals surface area contributed by atoms with E-state index in [0.29, 0.717) is 17.4 Å². The molecule has 0 atom stereocenters. The summed E-state index contributed by atoms with van der Waals surface area (Å²) in [5, 5.41) is 2.57. The lowest BCUT2D eigenvalue weighted by molar-refractivity contribution is -0.118. The Kier molecular flexibility index (Phi) is 4.19. The summed E-state index contributed by atoms with van der Waals surface area (Å²) in [4.78, 5) is 11.3. The van der Waals surface area contributed by atoms with Crippen LogP contribution in [0.25, 0.3) is 0 Å². The highest BCUT2D eigenvalue weighted by Gasteiger charge is 2.22. The van der Waals surface area contributed by atoms with Gasteiger partial charge in [0.05, 0.1) is 5.69 Å². The quantitative estimate of drug-likeness (QED) is 0.860. The Labute approximate surface area is 140 Å². The highest BCUT2D eigenvalue weighted by atomic mass is 32.2. The van der Waals surface area contributed by atoms with Gasteiger partial charge in [0.15, 0.2) is 6.61 Å². The van der Waals surface area contributed by atoms with Crippen LogP contribution in [-0.4, -0.2) is 20.9 Å². The fourth-order valence-electron chi connectivity index (χ4n) is 2.30. The molecular formula is C17H17NO5S. The van der Waals surface area contributed by atoms with Gasteiger partial charge in [-0.2, -0.15) is 8.42 Å². The lowest BCUT2D eigenvalue weighted by Crippen LogP contribution is -2.25. The zero-order chi connectivity index (χ0) is 17.3. The van der Waals surface area contributed by atoms with Crippen LogP contribution >= 0.6 is 0 Å². The number of nitrogens with one attached hydrogen (secondary N) is 1. The Morgan fingerprint density at radius 3 is 2.50 bits per heavy atom. The minimum atomic E-state index is -4.00. The van der Waals surface area contributed by atoms with Crippen LogP contribution in [0.15, 0.2) is 47.4 Å². The van der Waals surface area contributed by atoms with E-state index in [2.05, 4.69) is 19.2 Å². The molecule has 7 heteroatoms. The predicted octanol–water partition coefficient (Wildman–Crippen LogP) is 2.91. The second-order valence-electron chi connectivity index (χ2n) is 5.76. The normalized spacial score (nSPS) is 13.9. The van der Waals surface area contributed by atoms with Gasteiger partial charge in [-0.3, -0.25) is 4.79 Å². The number of fused-ring (bicyclic) bond motifs is 1. The van der Waals surface area contributed by atoms with Crippen molar-refractivity contribution in [1.82, 2.24) is 0 Å². The topological polar surface area (TPSA) is 81.7 Å². The zero-order valence-corrected chi connectivity index (χ0v) is 14.1. The molecule has 1 aliphatic rings. The van der Waals surface area contributed by atoms with Crippen LogP contribution in [0.1, 0.15) is 25.3 Å². The first kappa shape index (κ1) is 16.3. The number of benzene rings is 2. The van der Waals surface area contributed by atoms with E-state index >= 15 is 0 Å². The fourth-order valence-corrected chi connectivity index (χ4v) is 3.26. The molecule has 2 aromatic carbocycles. The third-order valence-electron chi connectivity index (χ3n) is 3.63. The van der Waals surface area contributed by atoms with Crippen molar-refractivity contribution in [2.75, 3.05) is 11.9 Å². The van der Waals surface area contributed by atoms with Crippen molar-refractivity contribution >= 4 is 21.7 Å². The summed E-state index contributed by atoms with van der Waals surface area (Å²) in [6.45, 7) is 4.02. The molecule has 6 nitrogen and oxygen atoms in total. The number of rotatable bonds is 4. The number of ether oxygens (including phenoxy) is 1. The Balaban J connectivity index is 1.85. The highest BCUT2D eigenvalue weighted by Crippen LogP contribution is 2.31. The highest BCUT2D eigenvalue weighted by molar-refractivity contribution is 7.87. The van der Waals surface area contributed by atoms with Crippen molar-refractivity contribution in [3.05, 3.63) is 48.0 Å². The number of carbonyl (C=O) groups excluding carboxylic acids is 1. The second-order valence-corrected chi connectivity index (χ2v) is 7.30. The molecule has 0 spiro atoms. The number of hydrogen-bond acceptors (Lipinski definition) is 5. The van der Waals surface area contributed by atoms with Crippen molar-refractivity contribution in [3.8, 4) is 11.5 Å². The van der Waals surface area contributed by atoms with E-state index in [0.717, 1.165) is 5.56 Å². The van der Waals surface area contributed by atoms with E-state index in [1.165, 1.54) is 18.2 Å². The predicted molar refractivity (Wildman–Crippen MR) is 88.9 cm³/mol. The smallest absolute Gasteiger partial charge is 0.339 e. The van der Waals surface area contributed by atoms with Crippen molar-refractivity contribution in [2.45, 2.75) is 24.7 Å². The molecule has 1 N–H and O–H groups in total. The summed E-state index contributed by atoms with van der Waals surface area (Å²) >= 11 is 0. The average Bonchev–Trinajstić information content (AvgIpc) is 2.54. The van der Waals surface area contributed by atoms with E-state index in [1.54, 1.807) is 12.1 Å². The second kappa shape index (κ2) is 6.16. The fraction of sp³-hybridized carbons (Fsp3) is 0.235. The SMILES string of the molecule is CC(C)c1ccc(OS(=O)(=O)c2ccc3c(c2)NC(=O)CO3)cc1. The van der Waals surface area contributed by atoms with E-state index in [4.69, 9.17) is 8.92 Å². The maximum absolute atomic E-state index is 12.4. The molecule has 24 heavy (non-hydrogen) atoms. The van der Waals surface area contributed by atoms with Crippen LogP contribution in [0, 0.1) is 0 Å². The minimum Gasteiger partial charge on any atom is -0.482 e. The summed E-state index contributed by atoms with van der Waals surface area (Å²) < 4.78 is 35.2. The first-order valence-electron chi connectivity index (χ1n) is 7.46. The molecule has 0 aromatic heterocycles. The molecule has 0 saturated carbocycles. The van der Waals surface area contributed by atoms with Crippen LogP contribution in [0.2, 0.25) is 0 Å². The van der Waals surface area contributed by atoms with Gasteiger partial charge in [0.25, 0.3) is 5.91 Å². The van der Waals surface area contributed by atoms with Crippen LogP contribution in [-0.2, 0) is 14.9 Å². The van der Waals surface area contributed by atoms with Gasteiger partial charge in [-0.25, -0.2) is 0 Å². The number of hydrogen-bond donors (Lipinski definition) is 1. The van der Waals surface area contributed by atoms with Crippen molar-refractivity contribution in [1.29, 1.82) is 0 Å². The van der Waals surface area contributed by atoms with Gasteiger partial charge in [0, 0.05) is 0 Å². The van der Waals surface area contributed by atoms with Gasteiger partial charge in [-0.1, -0.05) is 26.0 Å². The van der Waals surface area contributed by atoms with Gasteiger partial charge in [-0.05, 0) is 41.8 Å².